The van der Waals surface area contributed by atoms with Crippen molar-refractivity contribution in [1.82, 2.24) is 14.6 Å². The molecule has 108 valence electrons. The van der Waals surface area contributed by atoms with Crippen LogP contribution in [0.4, 0.5) is 4.39 Å². The van der Waals surface area contributed by atoms with Crippen molar-refractivity contribution >= 4 is 28.2 Å². The lowest BCUT2D eigenvalue weighted by Gasteiger charge is -1.97. The van der Waals surface area contributed by atoms with E-state index in [0.29, 0.717) is 16.0 Å². The second-order valence-corrected chi connectivity index (χ2v) is 5.10. The van der Waals surface area contributed by atoms with Gasteiger partial charge in [-0.1, -0.05) is 23.7 Å². The van der Waals surface area contributed by atoms with Gasteiger partial charge in [-0.2, -0.15) is 0 Å². The highest BCUT2D eigenvalue weighted by Gasteiger charge is 2.15. The van der Waals surface area contributed by atoms with E-state index in [-0.39, 0.29) is 17.0 Å². The Morgan fingerprint density at radius 2 is 2.00 bits per heavy atom. The van der Waals surface area contributed by atoms with Crippen molar-refractivity contribution in [3.05, 3.63) is 63.9 Å². The van der Waals surface area contributed by atoms with Crippen LogP contribution in [0.5, 0.6) is 0 Å². The summed E-state index contributed by atoms with van der Waals surface area (Å²) in [4.78, 5) is 16.2. The molecule has 0 unspecified atom stereocenters. The van der Waals surface area contributed by atoms with Gasteiger partial charge in [0, 0.05) is 5.02 Å². The molecule has 0 aliphatic carbocycles. The van der Waals surface area contributed by atoms with E-state index in [4.69, 9.17) is 16.0 Å². The molecule has 2 heterocycles. The largest absolute Gasteiger partial charge is 0.442 e. The average molecular weight is 316 g/mol. The minimum absolute atomic E-state index is 0.109. The zero-order valence-corrected chi connectivity index (χ0v) is 11.7. The van der Waals surface area contributed by atoms with E-state index < -0.39 is 11.6 Å². The first-order valence-electron chi connectivity index (χ1n) is 6.37. The van der Waals surface area contributed by atoms with Gasteiger partial charge in [-0.3, -0.25) is 0 Å². The molecule has 0 radical (unpaired) electrons. The van der Waals surface area contributed by atoms with Gasteiger partial charge in [-0.25, -0.2) is 14.2 Å². The molecular weight excluding hydrogens is 309 g/mol. The van der Waals surface area contributed by atoms with Crippen molar-refractivity contribution in [2.24, 2.45) is 0 Å². The molecule has 22 heavy (non-hydrogen) atoms. The average Bonchev–Trinajstić information content (AvgIpc) is 2.94. The molecule has 0 saturated carbocycles. The molecule has 4 rings (SSSR count). The molecule has 2 aromatic heterocycles. The third-order valence-corrected chi connectivity index (χ3v) is 3.51. The predicted molar refractivity (Wildman–Crippen MR) is 79.4 cm³/mol. The van der Waals surface area contributed by atoms with Crippen LogP contribution < -0.4 is 5.76 Å². The molecule has 4 aromatic rings. The quantitative estimate of drug-likeness (QED) is 0.541. The maximum Gasteiger partial charge on any atom is 0.442 e. The number of benzene rings is 2. The molecule has 7 heteroatoms. The number of rotatable bonds is 1. The molecule has 2 aromatic carbocycles. The number of nitrogens with zero attached hydrogens (tertiary/aromatic N) is 3. The van der Waals surface area contributed by atoms with Gasteiger partial charge in [-0.05, 0) is 30.3 Å². The summed E-state index contributed by atoms with van der Waals surface area (Å²) in [7, 11) is 0. The molecule has 0 aliphatic rings. The van der Waals surface area contributed by atoms with Crippen LogP contribution in [0.15, 0.2) is 51.7 Å². The van der Waals surface area contributed by atoms with Gasteiger partial charge >= 0.3 is 5.76 Å². The van der Waals surface area contributed by atoms with Gasteiger partial charge in [0.2, 0.25) is 0 Å². The van der Waals surface area contributed by atoms with Crippen LogP contribution in [-0.4, -0.2) is 14.6 Å². The Bertz CT molecular complexity index is 1090. The minimum Gasteiger partial charge on any atom is -0.408 e. The topological polar surface area (TPSA) is 60.4 Å². The van der Waals surface area contributed by atoms with Crippen molar-refractivity contribution < 1.29 is 8.81 Å². The zero-order valence-electron chi connectivity index (χ0n) is 11.0. The van der Waals surface area contributed by atoms with E-state index in [9.17, 15) is 9.18 Å². The fourth-order valence-corrected chi connectivity index (χ4v) is 2.45. The molecule has 0 saturated heterocycles. The molecule has 0 amide bonds. The Morgan fingerprint density at radius 3 is 2.82 bits per heavy atom. The van der Waals surface area contributed by atoms with Gasteiger partial charge in [0.05, 0.1) is 10.9 Å². The van der Waals surface area contributed by atoms with Crippen molar-refractivity contribution in [2.45, 2.75) is 0 Å². The summed E-state index contributed by atoms with van der Waals surface area (Å²) < 4.78 is 20.0. The van der Waals surface area contributed by atoms with E-state index in [2.05, 4.69) is 10.1 Å². The number of aromatic nitrogens is 3. The Labute approximate surface area is 127 Å². The fourth-order valence-electron chi connectivity index (χ4n) is 2.27. The number of hydrogen-bond acceptors (Lipinski definition) is 4. The van der Waals surface area contributed by atoms with Crippen molar-refractivity contribution in [1.29, 1.82) is 0 Å². The molecule has 0 N–H and O–H groups in total. The second kappa shape index (κ2) is 4.64. The molecular formula is C15H7ClFN3O2. The Kier molecular flexibility index (Phi) is 2.74. The van der Waals surface area contributed by atoms with Gasteiger partial charge in [0.15, 0.2) is 11.5 Å². The summed E-state index contributed by atoms with van der Waals surface area (Å²) in [6.45, 7) is 0. The summed E-state index contributed by atoms with van der Waals surface area (Å²) in [6, 6.07) is 10.9. The summed E-state index contributed by atoms with van der Waals surface area (Å²) in [5.41, 5.74) is 0.821. The van der Waals surface area contributed by atoms with Gasteiger partial charge < -0.3 is 4.42 Å². The summed E-state index contributed by atoms with van der Waals surface area (Å²) in [5, 5.41) is 5.04. The van der Waals surface area contributed by atoms with Crippen LogP contribution >= 0.6 is 11.6 Å². The summed E-state index contributed by atoms with van der Waals surface area (Å²) in [5.74, 6) is -1.05. The smallest absolute Gasteiger partial charge is 0.408 e. The second-order valence-electron chi connectivity index (χ2n) is 4.66. The zero-order chi connectivity index (χ0) is 15.3. The maximum absolute atomic E-state index is 13.9. The molecule has 0 atom stereocenters. The molecule has 0 aliphatic heterocycles. The number of halogens is 2. The Hall–Kier alpha value is -2.73. The highest BCUT2D eigenvalue weighted by atomic mass is 35.5. The predicted octanol–water partition coefficient (Wildman–Crippen LogP) is 3.30. The van der Waals surface area contributed by atoms with Crippen molar-refractivity contribution in [3.63, 3.8) is 0 Å². The lowest BCUT2D eigenvalue weighted by molar-refractivity contribution is 0.507. The molecule has 0 bridgehead atoms. The first-order valence-corrected chi connectivity index (χ1v) is 6.75. The maximum atomic E-state index is 13.9. The van der Waals surface area contributed by atoms with Gasteiger partial charge in [0.25, 0.3) is 0 Å². The van der Waals surface area contributed by atoms with Crippen molar-refractivity contribution in [2.75, 3.05) is 0 Å². The highest BCUT2D eigenvalue weighted by molar-refractivity contribution is 6.31. The van der Waals surface area contributed by atoms with E-state index >= 15 is 0 Å². The Morgan fingerprint density at radius 1 is 1.18 bits per heavy atom. The van der Waals surface area contributed by atoms with E-state index in [0.717, 1.165) is 4.52 Å². The van der Waals surface area contributed by atoms with Crippen LogP contribution in [0.1, 0.15) is 0 Å². The summed E-state index contributed by atoms with van der Waals surface area (Å²) >= 11 is 5.97. The SMILES string of the molecule is O=c1oc2ccc(Cl)cc2c2nc(-c3ccccc3F)nn12. The van der Waals surface area contributed by atoms with E-state index in [1.165, 1.54) is 6.07 Å². The van der Waals surface area contributed by atoms with Crippen LogP contribution in [0, 0.1) is 5.82 Å². The number of hydrogen-bond donors (Lipinski definition) is 0. The monoisotopic (exact) mass is 315 g/mol. The third-order valence-electron chi connectivity index (χ3n) is 3.27. The molecule has 0 fully saturated rings. The van der Waals surface area contributed by atoms with Crippen LogP contribution in [0.25, 0.3) is 28.0 Å². The lowest BCUT2D eigenvalue weighted by atomic mass is 10.2. The Balaban J connectivity index is 2.11. The van der Waals surface area contributed by atoms with Crippen LogP contribution in [0.3, 0.4) is 0 Å². The lowest BCUT2D eigenvalue weighted by Crippen LogP contribution is -2.12. The summed E-state index contributed by atoms with van der Waals surface area (Å²) in [6.07, 6.45) is 0. The third kappa shape index (κ3) is 1.88. The van der Waals surface area contributed by atoms with Crippen molar-refractivity contribution in [3.8, 4) is 11.4 Å². The number of fused-ring (bicyclic) bond motifs is 3. The first-order chi connectivity index (χ1) is 10.6. The minimum atomic E-state index is -0.695. The molecule has 0 spiro atoms. The molecule has 5 nitrogen and oxygen atoms in total. The first kappa shape index (κ1) is 13.0. The van der Waals surface area contributed by atoms with Crippen LogP contribution in [0.2, 0.25) is 5.02 Å². The van der Waals surface area contributed by atoms with E-state index in [1.54, 1.807) is 36.4 Å². The van der Waals surface area contributed by atoms with E-state index in [1.807, 2.05) is 0 Å². The normalized spacial score (nSPS) is 11.4. The van der Waals surface area contributed by atoms with Gasteiger partial charge in [-0.15, -0.1) is 9.61 Å². The standard InChI is InChI=1S/C15H7ClFN3O2/c16-8-5-6-12-10(7-8)14-18-13(19-20(14)15(21)22-12)9-3-1-2-4-11(9)17/h1-7H. The highest BCUT2D eigenvalue weighted by Crippen LogP contribution is 2.24. The van der Waals surface area contributed by atoms with Gasteiger partial charge in [0.1, 0.15) is 11.4 Å². The van der Waals surface area contributed by atoms with Crippen LogP contribution in [-0.2, 0) is 0 Å². The fraction of sp³-hybridized carbons (Fsp3) is 0.